The average Bonchev–Trinajstić information content (AvgIpc) is 3.01. The number of benzene rings is 2. The minimum absolute atomic E-state index is 0.388. The highest BCUT2D eigenvalue weighted by atomic mass is 32.2. The highest BCUT2D eigenvalue weighted by molar-refractivity contribution is 8.03. The van der Waals surface area contributed by atoms with Crippen LogP contribution < -0.4 is 0 Å². The second-order valence-corrected chi connectivity index (χ2v) is 7.36. The molecular formula is C19H17N3S2. The van der Waals surface area contributed by atoms with E-state index in [2.05, 4.69) is 58.5 Å². The fraction of sp³-hybridized carbons (Fsp3) is 0.158. The number of thioether (sulfide) groups is 1. The van der Waals surface area contributed by atoms with Gasteiger partial charge in [0.05, 0.1) is 16.0 Å². The number of nitrogens with zero attached hydrogens (tertiary/aromatic N) is 3. The third-order valence-corrected chi connectivity index (χ3v) is 5.91. The molecule has 3 nitrogen and oxygen atoms in total. The zero-order valence-electron chi connectivity index (χ0n) is 13.3. The lowest BCUT2D eigenvalue weighted by Gasteiger charge is -2.23. The van der Waals surface area contributed by atoms with Crippen LogP contribution in [0, 0.1) is 0 Å². The predicted molar refractivity (Wildman–Crippen MR) is 105 cm³/mol. The molecule has 0 radical (unpaired) electrons. The van der Waals surface area contributed by atoms with Gasteiger partial charge in [0.2, 0.25) is 0 Å². The Labute approximate surface area is 151 Å². The third-order valence-electron chi connectivity index (χ3n) is 4.14. The van der Waals surface area contributed by atoms with Crippen molar-refractivity contribution in [3.63, 3.8) is 0 Å². The Kier molecular flexibility index (Phi) is 4.12. The van der Waals surface area contributed by atoms with Gasteiger partial charge in [0.15, 0.2) is 5.11 Å². The maximum atomic E-state index is 5.65. The molecule has 2 aromatic carbocycles. The van der Waals surface area contributed by atoms with Crippen LogP contribution in [0.4, 0.5) is 0 Å². The molecule has 1 atom stereocenters. The van der Waals surface area contributed by atoms with Crippen LogP contribution in [0.1, 0.15) is 16.4 Å². The van der Waals surface area contributed by atoms with E-state index in [0.717, 1.165) is 22.9 Å². The number of hydrogen-bond donors (Lipinski definition) is 0. The van der Waals surface area contributed by atoms with Crippen molar-refractivity contribution in [2.75, 3.05) is 13.6 Å². The first-order chi connectivity index (χ1) is 11.7. The molecular weight excluding hydrogens is 334 g/mol. The van der Waals surface area contributed by atoms with E-state index in [9.17, 15) is 0 Å². The summed E-state index contributed by atoms with van der Waals surface area (Å²) in [5, 5.41) is 8.79. The number of hydrogen-bond acceptors (Lipinski definition) is 3. The lowest BCUT2D eigenvalue weighted by atomic mass is 10.1. The summed E-state index contributed by atoms with van der Waals surface area (Å²) in [4.78, 5) is 2.19. The van der Waals surface area contributed by atoms with Crippen molar-refractivity contribution in [1.82, 2.24) is 9.91 Å². The van der Waals surface area contributed by atoms with Crippen LogP contribution in [-0.4, -0.2) is 34.3 Å². The maximum Gasteiger partial charge on any atom is 0.196 e. The summed E-state index contributed by atoms with van der Waals surface area (Å²) in [6, 6.07) is 20.9. The highest BCUT2D eigenvalue weighted by Crippen LogP contribution is 2.45. The number of hydrazone groups is 1. The van der Waals surface area contributed by atoms with E-state index < -0.39 is 0 Å². The standard InChI is InChI=1S/C19H17N3S2/c1-21-19(23)22-13-17(15-10-6-3-7-11-15)24-18(22)12-16(20-21)14-8-4-2-5-9-14/h2-12,17H,13H2,1H3. The van der Waals surface area contributed by atoms with Crippen molar-refractivity contribution in [3.8, 4) is 0 Å². The molecule has 24 heavy (non-hydrogen) atoms. The third kappa shape index (κ3) is 2.85. The molecule has 0 N–H and O–H groups in total. The van der Waals surface area contributed by atoms with Crippen LogP contribution in [-0.2, 0) is 0 Å². The van der Waals surface area contributed by atoms with Crippen molar-refractivity contribution >= 4 is 34.8 Å². The van der Waals surface area contributed by atoms with E-state index in [-0.39, 0.29) is 0 Å². The summed E-state index contributed by atoms with van der Waals surface area (Å²) < 4.78 is 0. The Bertz CT molecular complexity index is 815. The molecule has 2 aromatic rings. The van der Waals surface area contributed by atoms with Crippen molar-refractivity contribution in [1.29, 1.82) is 0 Å². The monoisotopic (exact) mass is 351 g/mol. The molecule has 0 bridgehead atoms. The molecule has 1 saturated heterocycles. The van der Waals surface area contributed by atoms with Crippen LogP contribution >= 0.6 is 24.0 Å². The summed E-state index contributed by atoms with van der Waals surface area (Å²) in [5.74, 6) is 0. The van der Waals surface area contributed by atoms with E-state index in [1.165, 1.54) is 10.6 Å². The largest absolute Gasteiger partial charge is 0.310 e. The van der Waals surface area contributed by atoms with Crippen LogP contribution in [0.15, 0.2) is 76.9 Å². The first-order valence-corrected chi connectivity index (χ1v) is 9.14. The molecule has 120 valence electrons. The SMILES string of the molecule is CN1N=C(c2ccccc2)C=C2SC(c3ccccc3)CN2C1=S. The summed E-state index contributed by atoms with van der Waals surface area (Å²) >= 11 is 7.51. The van der Waals surface area contributed by atoms with Gasteiger partial charge in [0, 0.05) is 19.2 Å². The molecule has 0 amide bonds. The topological polar surface area (TPSA) is 18.8 Å². The first kappa shape index (κ1) is 15.4. The van der Waals surface area contributed by atoms with Gasteiger partial charge in [0.25, 0.3) is 0 Å². The second-order valence-electron chi connectivity index (χ2n) is 5.77. The van der Waals surface area contributed by atoms with E-state index in [1.807, 2.05) is 37.0 Å². The molecule has 5 heteroatoms. The predicted octanol–water partition coefficient (Wildman–Crippen LogP) is 4.25. The number of thiocarbonyl (C=S) groups is 1. The van der Waals surface area contributed by atoms with Gasteiger partial charge in [-0.15, -0.1) is 0 Å². The van der Waals surface area contributed by atoms with Crippen molar-refractivity contribution in [3.05, 3.63) is 82.9 Å². The second kappa shape index (κ2) is 6.42. The maximum absolute atomic E-state index is 5.65. The fourth-order valence-corrected chi connectivity index (χ4v) is 4.45. The smallest absolute Gasteiger partial charge is 0.196 e. The summed E-state index contributed by atoms with van der Waals surface area (Å²) in [7, 11) is 1.92. The lowest BCUT2D eigenvalue weighted by molar-refractivity contribution is 0.450. The van der Waals surface area contributed by atoms with E-state index in [4.69, 9.17) is 12.2 Å². The minimum atomic E-state index is 0.388. The zero-order chi connectivity index (χ0) is 16.5. The van der Waals surface area contributed by atoms with Gasteiger partial charge in [-0.2, -0.15) is 5.10 Å². The van der Waals surface area contributed by atoms with Gasteiger partial charge in [-0.05, 0) is 23.9 Å². The van der Waals surface area contributed by atoms with Gasteiger partial charge < -0.3 is 4.90 Å². The molecule has 4 rings (SSSR count). The van der Waals surface area contributed by atoms with Crippen molar-refractivity contribution in [2.24, 2.45) is 5.10 Å². The van der Waals surface area contributed by atoms with Crippen LogP contribution in [0.25, 0.3) is 0 Å². The molecule has 0 aliphatic carbocycles. The quantitative estimate of drug-likeness (QED) is 0.753. The van der Waals surface area contributed by atoms with Gasteiger partial charge in [-0.25, -0.2) is 5.01 Å². The zero-order valence-corrected chi connectivity index (χ0v) is 14.9. The van der Waals surface area contributed by atoms with Crippen LogP contribution in [0.5, 0.6) is 0 Å². The molecule has 2 aliphatic rings. The van der Waals surface area contributed by atoms with E-state index >= 15 is 0 Å². The Balaban J connectivity index is 1.71. The number of allylic oxidation sites excluding steroid dienone is 1. The lowest BCUT2D eigenvalue weighted by Crippen LogP contribution is -2.35. The Hall–Kier alpha value is -2.11. The summed E-state index contributed by atoms with van der Waals surface area (Å²) in [6.45, 7) is 0.876. The fourth-order valence-electron chi connectivity index (χ4n) is 2.90. The van der Waals surface area contributed by atoms with Crippen molar-refractivity contribution < 1.29 is 0 Å². The molecule has 2 aliphatic heterocycles. The van der Waals surface area contributed by atoms with Gasteiger partial charge in [-0.1, -0.05) is 72.4 Å². The average molecular weight is 352 g/mol. The Morgan fingerprint density at radius 3 is 2.42 bits per heavy atom. The molecule has 0 aromatic heterocycles. The normalized spacial score (nSPS) is 20.4. The summed E-state index contributed by atoms with van der Waals surface area (Å²) in [5.41, 5.74) is 3.38. The van der Waals surface area contributed by atoms with Gasteiger partial charge in [-0.3, -0.25) is 0 Å². The highest BCUT2D eigenvalue weighted by Gasteiger charge is 2.34. The molecule has 0 saturated carbocycles. The van der Waals surface area contributed by atoms with Gasteiger partial charge in [0.1, 0.15) is 0 Å². The number of rotatable bonds is 2. The first-order valence-electron chi connectivity index (χ1n) is 7.85. The van der Waals surface area contributed by atoms with Gasteiger partial charge >= 0.3 is 0 Å². The summed E-state index contributed by atoms with van der Waals surface area (Å²) in [6.07, 6.45) is 2.15. The molecule has 1 fully saturated rings. The Morgan fingerprint density at radius 2 is 1.71 bits per heavy atom. The molecule has 0 spiro atoms. The molecule has 1 unspecified atom stereocenters. The minimum Gasteiger partial charge on any atom is -0.310 e. The van der Waals surface area contributed by atoms with Crippen LogP contribution in [0.3, 0.4) is 0 Å². The van der Waals surface area contributed by atoms with Crippen molar-refractivity contribution in [2.45, 2.75) is 5.25 Å². The number of fused-ring (bicyclic) bond motifs is 1. The molecule has 2 heterocycles. The van der Waals surface area contributed by atoms with Crippen LogP contribution in [0.2, 0.25) is 0 Å². The Morgan fingerprint density at radius 1 is 1.04 bits per heavy atom. The van der Waals surface area contributed by atoms with E-state index in [0.29, 0.717) is 5.25 Å². The van der Waals surface area contributed by atoms with E-state index in [1.54, 1.807) is 5.01 Å².